The summed E-state index contributed by atoms with van der Waals surface area (Å²) in [5, 5.41) is 2.25. The van der Waals surface area contributed by atoms with Crippen LogP contribution in [0.1, 0.15) is 29.8 Å². The number of nitrogens with one attached hydrogen (secondary N) is 1. The van der Waals surface area contributed by atoms with Gasteiger partial charge in [0.2, 0.25) is 5.91 Å². The van der Waals surface area contributed by atoms with E-state index in [-0.39, 0.29) is 12.5 Å². The SMILES string of the molecule is Cc1ccc(Br)c(C(=O)N2CC(=O)NC(=O)C2(C)C)c1. The molecule has 1 fully saturated rings. The van der Waals surface area contributed by atoms with Crippen LogP contribution in [-0.4, -0.2) is 34.7 Å². The summed E-state index contributed by atoms with van der Waals surface area (Å²) < 4.78 is 0.641. The second kappa shape index (κ2) is 5.01. The minimum Gasteiger partial charge on any atom is -0.315 e. The summed E-state index contributed by atoms with van der Waals surface area (Å²) in [5.41, 5.74) is 0.316. The summed E-state index contributed by atoms with van der Waals surface area (Å²) in [4.78, 5) is 37.4. The number of carbonyl (C=O) groups excluding carboxylic acids is 3. The molecule has 1 heterocycles. The number of nitrogens with zero attached hydrogens (tertiary/aromatic N) is 1. The van der Waals surface area contributed by atoms with Gasteiger partial charge in [0.05, 0.1) is 5.56 Å². The maximum atomic E-state index is 12.6. The van der Waals surface area contributed by atoms with Gasteiger partial charge in [-0.1, -0.05) is 11.6 Å². The largest absolute Gasteiger partial charge is 0.315 e. The predicted octanol–water partition coefficient (Wildman–Crippen LogP) is 1.63. The van der Waals surface area contributed by atoms with E-state index in [2.05, 4.69) is 21.2 Å². The summed E-state index contributed by atoms with van der Waals surface area (Å²) in [5.74, 6) is -1.27. The number of aryl methyl sites for hydroxylation is 1. The van der Waals surface area contributed by atoms with E-state index >= 15 is 0 Å². The van der Waals surface area contributed by atoms with Crippen LogP contribution in [0.3, 0.4) is 0 Å². The van der Waals surface area contributed by atoms with E-state index in [1.807, 2.05) is 13.0 Å². The molecule has 20 heavy (non-hydrogen) atoms. The van der Waals surface area contributed by atoms with E-state index < -0.39 is 17.4 Å². The van der Waals surface area contributed by atoms with E-state index in [1.165, 1.54) is 4.90 Å². The molecule has 5 nitrogen and oxygen atoms in total. The van der Waals surface area contributed by atoms with Crippen molar-refractivity contribution >= 4 is 33.7 Å². The number of rotatable bonds is 1. The number of hydrogen-bond donors (Lipinski definition) is 1. The number of amides is 3. The van der Waals surface area contributed by atoms with Crippen molar-refractivity contribution in [1.82, 2.24) is 10.2 Å². The van der Waals surface area contributed by atoms with Gasteiger partial charge < -0.3 is 4.90 Å². The molecule has 3 amide bonds. The zero-order valence-corrected chi connectivity index (χ0v) is 13.1. The Morgan fingerprint density at radius 2 is 2.00 bits per heavy atom. The number of piperazine rings is 1. The highest BCUT2D eigenvalue weighted by Gasteiger charge is 2.44. The van der Waals surface area contributed by atoms with Gasteiger partial charge in [0.15, 0.2) is 0 Å². The Balaban J connectivity index is 2.43. The van der Waals surface area contributed by atoms with Gasteiger partial charge in [0.1, 0.15) is 12.1 Å². The molecule has 1 aromatic carbocycles. The van der Waals surface area contributed by atoms with E-state index in [1.54, 1.807) is 26.0 Å². The molecule has 1 aliphatic rings. The van der Waals surface area contributed by atoms with E-state index in [9.17, 15) is 14.4 Å². The Morgan fingerprint density at radius 3 is 2.65 bits per heavy atom. The van der Waals surface area contributed by atoms with Crippen LogP contribution in [0.25, 0.3) is 0 Å². The topological polar surface area (TPSA) is 66.5 Å². The second-order valence-electron chi connectivity index (χ2n) is 5.31. The highest BCUT2D eigenvalue weighted by molar-refractivity contribution is 9.10. The number of benzene rings is 1. The maximum Gasteiger partial charge on any atom is 0.256 e. The lowest BCUT2D eigenvalue weighted by atomic mass is 9.97. The van der Waals surface area contributed by atoms with Gasteiger partial charge in [-0.15, -0.1) is 0 Å². The first-order valence-corrected chi connectivity index (χ1v) is 6.95. The number of halogens is 1. The molecule has 0 spiro atoms. The average Bonchev–Trinajstić information content (AvgIpc) is 2.36. The molecule has 0 unspecified atom stereocenters. The summed E-state index contributed by atoms with van der Waals surface area (Å²) in [7, 11) is 0. The number of imide groups is 1. The molecule has 1 aliphatic heterocycles. The van der Waals surface area contributed by atoms with E-state index in [0.29, 0.717) is 10.0 Å². The molecule has 0 bridgehead atoms. The minimum absolute atomic E-state index is 0.127. The molecule has 0 saturated carbocycles. The Labute approximate surface area is 125 Å². The number of hydrogen-bond acceptors (Lipinski definition) is 3. The maximum absolute atomic E-state index is 12.6. The van der Waals surface area contributed by atoms with Crippen molar-refractivity contribution in [2.24, 2.45) is 0 Å². The Kier molecular flexibility index (Phi) is 3.69. The lowest BCUT2D eigenvalue weighted by Gasteiger charge is -2.40. The summed E-state index contributed by atoms with van der Waals surface area (Å²) in [6, 6.07) is 5.39. The van der Waals surface area contributed by atoms with Crippen LogP contribution in [-0.2, 0) is 9.59 Å². The van der Waals surface area contributed by atoms with E-state index in [0.717, 1.165) is 5.56 Å². The molecule has 0 atom stereocenters. The first kappa shape index (κ1) is 14.7. The lowest BCUT2D eigenvalue weighted by molar-refractivity contribution is -0.143. The fourth-order valence-electron chi connectivity index (χ4n) is 2.06. The standard InChI is InChI=1S/C14H15BrN2O3/c1-8-4-5-10(15)9(6-8)12(19)17-7-11(18)16-13(20)14(17,2)3/h4-6H,7H2,1-3H3,(H,16,18,20). The Morgan fingerprint density at radius 1 is 1.35 bits per heavy atom. The van der Waals surface area contributed by atoms with Gasteiger partial charge in [-0.25, -0.2) is 0 Å². The molecular formula is C14H15BrN2O3. The van der Waals surface area contributed by atoms with Gasteiger partial charge in [-0.2, -0.15) is 0 Å². The molecule has 0 aromatic heterocycles. The molecule has 106 valence electrons. The van der Waals surface area contributed by atoms with Crippen molar-refractivity contribution < 1.29 is 14.4 Å². The highest BCUT2D eigenvalue weighted by Crippen LogP contribution is 2.25. The normalized spacial score (nSPS) is 17.9. The van der Waals surface area contributed by atoms with Crippen molar-refractivity contribution in [3.63, 3.8) is 0 Å². The number of carbonyl (C=O) groups is 3. The van der Waals surface area contributed by atoms with Crippen LogP contribution < -0.4 is 5.32 Å². The van der Waals surface area contributed by atoms with E-state index in [4.69, 9.17) is 0 Å². The molecule has 0 radical (unpaired) electrons. The minimum atomic E-state index is -1.06. The third-order valence-electron chi connectivity index (χ3n) is 3.38. The van der Waals surface area contributed by atoms with Crippen LogP contribution in [0.4, 0.5) is 0 Å². The first-order valence-electron chi connectivity index (χ1n) is 6.16. The average molecular weight is 339 g/mol. The lowest BCUT2D eigenvalue weighted by Crippen LogP contribution is -2.65. The van der Waals surface area contributed by atoms with Crippen LogP contribution in [0, 0.1) is 6.92 Å². The Hall–Kier alpha value is -1.69. The summed E-state index contributed by atoms with van der Waals surface area (Å²) in [6.07, 6.45) is 0. The van der Waals surface area contributed by atoms with Crippen molar-refractivity contribution in [1.29, 1.82) is 0 Å². The molecule has 6 heteroatoms. The fourth-order valence-corrected chi connectivity index (χ4v) is 2.47. The molecule has 1 saturated heterocycles. The van der Waals surface area contributed by atoms with Crippen LogP contribution in [0.5, 0.6) is 0 Å². The van der Waals surface area contributed by atoms with Crippen molar-refractivity contribution in [2.75, 3.05) is 6.54 Å². The smallest absolute Gasteiger partial charge is 0.256 e. The Bertz CT molecular complexity index is 610. The molecule has 1 aromatic rings. The summed E-state index contributed by atoms with van der Waals surface area (Å²) >= 11 is 3.33. The van der Waals surface area contributed by atoms with Gasteiger partial charge in [0.25, 0.3) is 11.8 Å². The monoisotopic (exact) mass is 338 g/mol. The second-order valence-corrected chi connectivity index (χ2v) is 6.17. The molecular weight excluding hydrogens is 324 g/mol. The zero-order chi connectivity index (χ0) is 15.1. The van der Waals surface area contributed by atoms with Gasteiger partial charge >= 0.3 is 0 Å². The van der Waals surface area contributed by atoms with Gasteiger partial charge in [-0.3, -0.25) is 19.7 Å². The van der Waals surface area contributed by atoms with Gasteiger partial charge in [0, 0.05) is 4.47 Å². The first-order chi connectivity index (χ1) is 9.23. The van der Waals surface area contributed by atoms with Crippen molar-refractivity contribution in [3.8, 4) is 0 Å². The molecule has 2 rings (SSSR count). The summed E-state index contributed by atoms with van der Waals surface area (Å²) in [6.45, 7) is 4.99. The zero-order valence-electron chi connectivity index (χ0n) is 11.5. The van der Waals surface area contributed by atoms with Crippen LogP contribution in [0.2, 0.25) is 0 Å². The quantitative estimate of drug-likeness (QED) is 0.791. The van der Waals surface area contributed by atoms with Crippen molar-refractivity contribution in [3.05, 3.63) is 33.8 Å². The third kappa shape index (κ3) is 2.47. The highest BCUT2D eigenvalue weighted by atomic mass is 79.9. The fraction of sp³-hybridized carbons (Fsp3) is 0.357. The third-order valence-corrected chi connectivity index (χ3v) is 4.07. The van der Waals surface area contributed by atoms with Gasteiger partial charge in [-0.05, 0) is 48.8 Å². The molecule has 1 N–H and O–H groups in total. The van der Waals surface area contributed by atoms with Crippen LogP contribution >= 0.6 is 15.9 Å². The molecule has 0 aliphatic carbocycles. The van der Waals surface area contributed by atoms with Crippen molar-refractivity contribution in [2.45, 2.75) is 26.3 Å². The van der Waals surface area contributed by atoms with Crippen LogP contribution in [0.15, 0.2) is 22.7 Å². The predicted molar refractivity (Wildman–Crippen MR) is 77.1 cm³/mol.